The molecule has 1 N–H and O–H groups in total. The summed E-state index contributed by atoms with van der Waals surface area (Å²) in [6.45, 7) is 8.15. The summed E-state index contributed by atoms with van der Waals surface area (Å²) in [6.07, 6.45) is 3.61. The Balaban J connectivity index is 1.99. The van der Waals surface area contributed by atoms with Crippen molar-refractivity contribution in [2.45, 2.75) is 31.7 Å². The van der Waals surface area contributed by atoms with Gasteiger partial charge in [0, 0.05) is 25.8 Å². The van der Waals surface area contributed by atoms with Gasteiger partial charge >= 0.3 is 0 Å². The maximum atomic E-state index is 5.46. The molecule has 4 heteroatoms. The van der Waals surface area contributed by atoms with Crippen LogP contribution in [-0.2, 0) is 9.47 Å². The van der Waals surface area contributed by atoms with Crippen molar-refractivity contribution in [3.63, 3.8) is 0 Å². The zero-order valence-electron chi connectivity index (χ0n) is 11.6. The van der Waals surface area contributed by atoms with Crippen LogP contribution in [0.1, 0.15) is 26.2 Å². The number of hydrogen-bond acceptors (Lipinski definition) is 4. The van der Waals surface area contributed by atoms with E-state index in [0.717, 1.165) is 19.6 Å². The molecular weight excluding hydrogens is 216 g/mol. The van der Waals surface area contributed by atoms with Crippen LogP contribution >= 0.6 is 0 Å². The number of hydrogen-bond donors (Lipinski definition) is 1. The molecule has 1 rings (SSSR count). The molecule has 0 unspecified atom stereocenters. The monoisotopic (exact) mass is 244 g/mol. The third kappa shape index (κ3) is 5.82. The summed E-state index contributed by atoms with van der Waals surface area (Å²) in [5.74, 6) is 0. The van der Waals surface area contributed by atoms with Gasteiger partial charge < -0.3 is 19.7 Å². The zero-order chi connectivity index (χ0) is 12.6. The number of nitrogens with one attached hydrogen (secondary N) is 1. The molecule has 0 saturated carbocycles. The van der Waals surface area contributed by atoms with Crippen LogP contribution in [0.15, 0.2) is 0 Å². The third-order valence-electron chi connectivity index (χ3n) is 3.76. The average Bonchev–Trinajstić information content (AvgIpc) is 2.36. The van der Waals surface area contributed by atoms with Crippen molar-refractivity contribution < 1.29 is 9.47 Å². The van der Waals surface area contributed by atoms with Crippen LogP contribution in [0.5, 0.6) is 0 Å². The summed E-state index contributed by atoms with van der Waals surface area (Å²) in [7, 11) is 3.77. The second-order valence-corrected chi connectivity index (χ2v) is 5.11. The van der Waals surface area contributed by atoms with Crippen LogP contribution in [0.3, 0.4) is 0 Å². The lowest BCUT2D eigenvalue weighted by molar-refractivity contribution is 0.0618. The average molecular weight is 244 g/mol. The fraction of sp³-hybridized carbons (Fsp3) is 1.00. The predicted molar refractivity (Wildman–Crippen MR) is 70.5 cm³/mol. The highest BCUT2D eigenvalue weighted by molar-refractivity contribution is 4.87. The Morgan fingerprint density at radius 3 is 2.47 bits per heavy atom. The van der Waals surface area contributed by atoms with Crippen molar-refractivity contribution >= 4 is 0 Å². The Morgan fingerprint density at radius 1 is 1.18 bits per heavy atom. The Kier molecular flexibility index (Phi) is 7.04. The topological polar surface area (TPSA) is 33.7 Å². The van der Waals surface area contributed by atoms with Gasteiger partial charge in [-0.25, -0.2) is 0 Å². The summed E-state index contributed by atoms with van der Waals surface area (Å²) >= 11 is 0. The second kappa shape index (κ2) is 8.03. The minimum Gasteiger partial charge on any atom is -0.382 e. The Bertz CT molecular complexity index is 192. The molecule has 0 aliphatic carbocycles. The van der Waals surface area contributed by atoms with Crippen LogP contribution < -0.4 is 5.32 Å². The molecule has 0 aromatic rings. The molecule has 102 valence electrons. The van der Waals surface area contributed by atoms with Gasteiger partial charge in [-0.3, -0.25) is 0 Å². The first-order valence-corrected chi connectivity index (χ1v) is 6.68. The van der Waals surface area contributed by atoms with E-state index in [1.165, 1.54) is 25.9 Å². The van der Waals surface area contributed by atoms with E-state index in [0.29, 0.717) is 18.8 Å². The van der Waals surface area contributed by atoms with E-state index >= 15 is 0 Å². The minimum absolute atomic E-state index is 0.353. The lowest BCUT2D eigenvalue weighted by Crippen LogP contribution is -2.50. The standard InChI is InChI=1S/C13H28N2O2/c1-13(14-2)5-8-15(9-6-13)7-4-10-17-12-11-16-3/h14H,4-12H2,1-3H3. The molecule has 4 nitrogen and oxygen atoms in total. The molecule has 1 fully saturated rings. The van der Waals surface area contributed by atoms with Gasteiger partial charge in [0.05, 0.1) is 13.2 Å². The summed E-state index contributed by atoms with van der Waals surface area (Å²) in [5, 5.41) is 3.43. The molecule has 0 spiro atoms. The van der Waals surface area contributed by atoms with E-state index in [9.17, 15) is 0 Å². The molecular formula is C13H28N2O2. The lowest BCUT2D eigenvalue weighted by Gasteiger charge is -2.39. The fourth-order valence-electron chi connectivity index (χ4n) is 2.15. The zero-order valence-corrected chi connectivity index (χ0v) is 11.6. The number of likely N-dealkylation sites (tertiary alicyclic amines) is 1. The predicted octanol–water partition coefficient (Wildman–Crippen LogP) is 1.11. The van der Waals surface area contributed by atoms with Crippen LogP contribution in [0.25, 0.3) is 0 Å². The van der Waals surface area contributed by atoms with E-state index in [1.54, 1.807) is 7.11 Å². The van der Waals surface area contributed by atoms with Gasteiger partial charge in [-0.05, 0) is 46.3 Å². The molecule has 0 aromatic heterocycles. The minimum atomic E-state index is 0.353. The Morgan fingerprint density at radius 2 is 1.88 bits per heavy atom. The van der Waals surface area contributed by atoms with E-state index in [1.807, 2.05) is 0 Å². The summed E-state index contributed by atoms with van der Waals surface area (Å²) < 4.78 is 10.4. The maximum Gasteiger partial charge on any atom is 0.0700 e. The molecule has 1 heterocycles. The molecule has 17 heavy (non-hydrogen) atoms. The smallest absolute Gasteiger partial charge is 0.0700 e. The van der Waals surface area contributed by atoms with Crippen LogP contribution in [0, 0.1) is 0 Å². The number of rotatable bonds is 8. The summed E-state index contributed by atoms with van der Waals surface area (Å²) in [6, 6.07) is 0. The largest absolute Gasteiger partial charge is 0.382 e. The van der Waals surface area contributed by atoms with Crippen molar-refractivity contribution in [1.82, 2.24) is 10.2 Å². The molecule has 0 aromatic carbocycles. The van der Waals surface area contributed by atoms with Gasteiger partial charge in [0.25, 0.3) is 0 Å². The van der Waals surface area contributed by atoms with Gasteiger partial charge in [-0.2, -0.15) is 0 Å². The number of methoxy groups -OCH3 is 1. The third-order valence-corrected chi connectivity index (χ3v) is 3.76. The van der Waals surface area contributed by atoms with E-state index in [2.05, 4.69) is 24.2 Å². The van der Waals surface area contributed by atoms with E-state index < -0.39 is 0 Å². The van der Waals surface area contributed by atoms with Gasteiger partial charge in [0.15, 0.2) is 0 Å². The lowest BCUT2D eigenvalue weighted by atomic mass is 9.90. The number of piperidine rings is 1. The molecule has 0 radical (unpaired) electrons. The summed E-state index contributed by atoms with van der Waals surface area (Å²) in [5.41, 5.74) is 0.353. The van der Waals surface area contributed by atoms with Crippen LogP contribution in [0.2, 0.25) is 0 Å². The van der Waals surface area contributed by atoms with Gasteiger partial charge in [-0.1, -0.05) is 0 Å². The van der Waals surface area contributed by atoms with Crippen LogP contribution in [-0.4, -0.2) is 64.1 Å². The van der Waals surface area contributed by atoms with E-state index in [-0.39, 0.29) is 0 Å². The number of nitrogens with zero attached hydrogens (tertiary/aromatic N) is 1. The van der Waals surface area contributed by atoms with Crippen molar-refractivity contribution in [3.05, 3.63) is 0 Å². The first-order chi connectivity index (χ1) is 8.20. The summed E-state index contributed by atoms with van der Waals surface area (Å²) in [4.78, 5) is 2.54. The molecule has 1 aliphatic heterocycles. The molecule has 0 bridgehead atoms. The SMILES string of the molecule is CNC1(C)CCN(CCCOCCOC)CC1. The van der Waals surface area contributed by atoms with Gasteiger partial charge in [-0.15, -0.1) is 0 Å². The highest BCUT2D eigenvalue weighted by atomic mass is 16.5. The first-order valence-electron chi connectivity index (χ1n) is 6.68. The second-order valence-electron chi connectivity index (χ2n) is 5.11. The highest BCUT2D eigenvalue weighted by Crippen LogP contribution is 2.20. The Labute approximate surface area is 106 Å². The normalized spacial score (nSPS) is 20.6. The van der Waals surface area contributed by atoms with Crippen molar-refractivity contribution in [1.29, 1.82) is 0 Å². The molecule has 0 amide bonds. The van der Waals surface area contributed by atoms with Crippen molar-refractivity contribution in [3.8, 4) is 0 Å². The molecule has 1 saturated heterocycles. The van der Waals surface area contributed by atoms with Crippen molar-refractivity contribution in [2.75, 3.05) is 53.6 Å². The van der Waals surface area contributed by atoms with Crippen molar-refractivity contribution in [2.24, 2.45) is 0 Å². The molecule has 1 aliphatic rings. The van der Waals surface area contributed by atoms with Gasteiger partial charge in [0.2, 0.25) is 0 Å². The molecule has 0 atom stereocenters. The Hall–Kier alpha value is -0.160. The number of ether oxygens (including phenoxy) is 2. The first kappa shape index (κ1) is 14.9. The maximum absolute atomic E-state index is 5.46. The highest BCUT2D eigenvalue weighted by Gasteiger charge is 2.27. The van der Waals surface area contributed by atoms with Crippen LogP contribution in [0.4, 0.5) is 0 Å². The van der Waals surface area contributed by atoms with E-state index in [4.69, 9.17) is 9.47 Å². The quantitative estimate of drug-likeness (QED) is 0.649. The van der Waals surface area contributed by atoms with Gasteiger partial charge in [0.1, 0.15) is 0 Å². The fourth-order valence-corrected chi connectivity index (χ4v) is 2.15.